The Morgan fingerprint density at radius 3 is 3.00 bits per heavy atom. The number of aliphatic hydroxyl groups excluding tert-OH is 1. The van der Waals surface area contributed by atoms with Crippen LogP contribution in [0.1, 0.15) is 6.42 Å². The summed E-state index contributed by atoms with van der Waals surface area (Å²) < 4.78 is 5.04. The Bertz CT molecular complexity index is 146. The quantitative estimate of drug-likeness (QED) is 0.705. The van der Waals surface area contributed by atoms with E-state index in [1.807, 2.05) is 11.8 Å². The van der Waals surface area contributed by atoms with E-state index in [0.717, 1.165) is 31.9 Å². The summed E-state index contributed by atoms with van der Waals surface area (Å²) in [6, 6.07) is 0.542. The lowest BCUT2D eigenvalue weighted by atomic mass is 10.2. The highest BCUT2D eigenvalue weighted by Gasteiger charge is 2.29. The van der Waals surface area contributed by atoms with Gasteiger partial charge in [0.15, 0.2) is 0 Å². The number of rotatable bonds is 5. The first-order chi connectivity index (χ1) is 6.27. The Balaban J connectivity index is 2.31. The van der Waals surface area contributed by atoms with Crippen LogP contribution in [0.25, 0.3) is 0 Å². The fourth-order valence-corrected chi connectivity index (χ4v) is 2.54. The van der Waals surface area contributed by atoms with Gasteiger partial charge in [-0.1, -0.05) is 0 Å². The molecule has 1 saturated heterocycles. The molecular formula is C9H19NO2S. The van der Waals surface area contributed by atoms with E-state index >= 15 is 0 Å². The van der Waals surface area contributed by atoms with Crippen molar-refractivity contribution in [2.45, 2.75) is 18.6 Å². The van der Waals surface area contributed by atoms with Crippen molar-refractivity contribution in [3.05, 3.63) is 0 Å². The Kier molecular flexibility index (Phi) is 5.09. The summed E-state index contributed by atoms with van der Waals surface area (Å²) in [5, 5.41) is 9.50. The maximum atomic E-state index is 9.50. The molecule has 0 amide bonds. The number of likely N-dealkylation sites (tertiary alicyclic amines) is 1. The van der Waals surface area contributed by atoms with Gasteiger partial charge >= 0.3 is 0 Å². The Hall–Kier alpha value is 0.230. The van der Waals surface area contributed by atoms with Gasteiger partial charge in [0, 0.05) is 32.0 Å². The van der Waals surface area contributed by atoms with Crippen molar-refractivity contribution in [1.82, 2.24) is 4.90 Å². The molecule has 0 aromatic carbocycles. The molecule has 0 aromatic heterocycles. The summed E-state index contributed by atoms with van der Waals surface area (Å²) in [5.74, 6) is 1.11. The largest absolute Gasteiger partial charge is 0.392 e. The molecular weight excluding hydrogens is 186 g/mol. The molecule has 2 unspecified atom stereocenters. The van der Waals surface area contributed by atoms with Crippen LogP contribution < -0.4 is 0 Å². The van der Waals surface area contributed by atoms with Gasteiger partial charge in [-0.15, -0.1) is 0 Å². The standard InChI is InChI=1S/C9H19NO2S/c1-12-4-3-10-6-9(11)5-8(10)7-13-2/h8-9,11H,3-7H2,1-2H3. The molecule has 3 nitrogen and oxygen atoms in total. The van der Waals surface area contributed by atoms with Gasteiger partial charge in [0.1, 0.15) is 0 Å². The number of methoxy groups -OCH3 is 1. The van der Waals surface area contributed by atoms with Gasteiger partial charge in [-0.2, -0.15) is 11.8 Å². The molecule has 0 radical (unpaired) electrons. The molecule has 78 valence electrons. The van der Waals surface area contributed by atoms with Crippen LogP contribution in [0.4, 0.5) is 0 Å². The van der Waals surface area contributed by atoms with Gasteiger partial charge in [-0.3, -0.25) is 4.90 Å². The third-order valence-corrected chi connectivity index (χ3v) is 3.17. The minimum absolute atomic E-state index is 0.131. The van der Waals surface area contributed by atoms with Crippen molar-refractivity contribution in [2.24, 2.45) is 0 Å². The Labute approximate surface area is 84.4 Å². The second-order valence-electron chi connectivity index (χ2n) is 3.49. The fourth-order valence-electron chi connectivity index (χ4n) is 1.81. The van der Waals surface area contributed by atoms with E-state index < -0.39 is 0 Å². The zero-order valence-corrected chi connectivity index (χ0v) is 9.22. The summed E-state index contributed by atoms with van der Waals surface area (Å²) in [6.45, 7) is 2.52. The number of β-amino-alcohol motifs (C(OH)–C–C–N with tert-alkyl or cyclic N) is 1. The van der Waals surface area contributed by atoms with Gasteiger partial charge in [0.25, 0.3) is 0 Å². The van der Waals surface area contributed by atoms with Gasteiger partial charge in [-0.25, -0.2) is 0 Å². The molecule has 1 rings (SSSR count). The summed E-state index contributed by atoms with van der Waals surface area (Å²) >= 11 is 1.84. The first-order valence-electron chi connectivity index (χ1n) is 4.68. The molecule has 1 fully saturated rings. The highest BCUT2D eigenvalue weighted by Crippen LogP contribution is 2.20. The van der Waals surface area contributed by atoms with Crippen molar-refractivity contribution in [3.8, 4) is 0 Å². The average molecular weight is 205 g/mol. The molecule has 0 bridgehead atoms. The van der Waals surface area contributed by atoms with E-state index in [4.69, 9.17) is 4.74 Å². The van der Waals surface area contributed by atoms with E-state index in [0.29, 0.717) is 6.04 Å². The number of thioether (sulfide) groups is 1. The number of hydrogen-bond donors (Lipinski definition) is 1. The molecule has 0 spiro atoms. The first-order valence-corrected chi connectivity index (χ1v) is 6.07. The van der Waals surface area contributed by atoms with Crippen LogP contribution in [0.2, 0.25) is 0 Å². The monoisotopic (exact) mass is 205 g/mol. The highest BCUT2D eigenvalue weighted by atomic mass is 32.2. The minimum atomic E-state index is -0.131. The molecule has 1 N–H and O–H groups in total. The lowest BCUT2D eigenvalue weighted by Gasteiger charge is -2.22. The second-order valence-corrected chi connectivity index (χ2v) is 4.40. The molecule has 13 heavy (non-hydrogen) atoms. The third kappa shape index (κ3) is 3.46. The van der Waals surface area contributed by atoms with Gasteiger partial charge < -0.3 is 9.84 Å². The molecule has 1 aliphatic rings. The third-order valence-electron chi connectivity index (χ3n) is 2.45. The van der Waals surface area contributed by atoms with E-state index in [1.165, 1.54) is 0 Å². The topological polar surface area (TPSA) is 32.7 Å². The Morgan fingerprint density at radius 1 is 1.62 bits per heavy atom. The van der Waals surface area contributed by atoms with E-state index in [2.05, 4.69) is 11.2 Å². The average Bonchev–Trinajstić information content (AvgIpc) is 2.44. The van der Waals surface area contributed by atoms with Gasteiger partial charge in [0.05, 0.1) is 12.7 Å². The summed E-state index contributed by atoms with van der Waals surface area (Å²) in [5.41, 5.74) is 0. The van der Waals surface area contributed by atoms with Crippen molar-refractivity contribution in [1.29, 1.82) is 0 Å². The maximum Gasteiger partial charge on any atom is 0.0682 e. The lowest BCUT2D eigenvalue weighted by molar-refractivity contribution is 0.133. The number of aliphatic hydroxyl groups is 1. The molecule has 4 heteroatoms. The fraction of sp³-hybridized carbons (Fsp3) is 1.00. The summed E-state index contributed by atoms with van der Waals surface area (Å²) in [7, 11) is 1.72. The number of hydrogen-bond acceptors (Lipinski definition) is 4. The van der Waals surface area contributed by atoms with Crippen molar-refractivity contribution in [3.63, 3.8) is 0 Å². The summed E-state index contributed by atoms with van der Waals surface area (Å²) in [6.07, 6.45) is 2.90. The molecule has 1 heterocycles. The number of nitrogens with zero attached hydrogens (tertiary/aromatic N) is 1. The second kappa shape index (κ2) is 5.86. The highest BCUT2D eigenvalue weighted by molar-refractivity contribution is 7.98. The molecule has 0 aromatic rings. The molecule has 1 aliphatic heterocycles. The minimum Gasteiger partial charge on any atom is -0.392 e. The van der Waals surface area contributed by atoms with E-state index in [-0.39, 0.29) is 6.10 Å². The smallest absolute Gasteiger partial charge is 0.0682 e. The van der Waals surface area contributed by atoms with E-state index in [1.54, 1.807) is 7.11 Å². The van der Waals surface area contributed by atoms with Crippen LogP contribution in [0.3, 0.4) is 0 Å². The van der Waals surface area contributed by atoms with Crippen LogP contribution >= 0.6 is 11.8 Å². The molecule has 0 aliphatic carbocycles. The predicted octanol–water partition coefficient (Wildman–Crippen LogP) is 0.431. The van der Waals surface area contributed by atoms with Crippen LogP contribution in [0, 0.1) is 0 Å². The Morgan fingerprint density at radius 2 is 2.38 bits per heavy atom. The lowest BCUT2D eigenvalue weighted by Crippen LogP contribution is -2.34. The van der Waals surface area contributed by atoms with Crippen LogP contribution in [-0.2, 0) is 4.74 Å². The number of ether oxygens (including phenoxy) is 1. The van der Waals surface area contributed by atoms with Crippen LogP contribution in [-0.4, -0.2) is 61.0 Å². The van der Waals surface area contributed by atoms with Crippen molar-refractivity contribution < 1.29 is 9.84 Å². The summed E-state index contributed by atoms with van der Waals surface area (Å²) in [4.78, 5) is 2.32. The zero-order chi connectivity index (χ0) is 9.68. The predicted molar refractivity (Wildman–Crippen MR) is 56.2 cm³/mol. The van der Waals surface area contributed by atoms with Gasteiger partial charge in [0.2, 0.25) is 0 Å². The van der Waals surface area contributed by atoms with Gasteiger partial charge in [-0.05, 0) is 12.7 Å². The molecule has 2 atom stereocenters. The van der Waals surface area contributed by atoms with Crippen LogP contribution in [0.5, 0.6) is 0 Å². The molecule has 0 saturated carbocycles. The SMILES string of the molecule is COCCN1CC(O)CC1CSC. The van der Waals surface area contributed by atoms with Crippen LogP contribution in [0.15, 0.2) is 0 Å². The van der Waals surface area contributed by atoms with E-state index in [9.17, 15) is 5.11 Å². The van der Waals surface area contributed by atoms with Crippen molar-refractivity contribution in [2.75, 3.05) is 38.8 Å². The van der Waals surface area contributed by atoms with Crippen molar-refractivity contribution >= 4 is 11.8 Å². The first kappa shape index (κ1) is 11.3. The normalized spacial score (nSPS) is 29.8. The maximum absolute atomic E-state index is 9.50. The zero-order valence-electron chi connectivity index (χ0n) is 8.40.